The van der Waals surface area contributed by atoms with E-state index in [1.165, 1.54) is 0 Å². The summed E-state index contributed by atoms with van der Waals surface area (Å²) in [5.41, 5.74) is 3.54. The number of benzene rings is 3. The number of carboxylic acid groups (broad SMARTS) is 1. The van der Waals surface area contributed by atoms with E-state index in [0.29, 0.717) is 31.5 Å². The van der Waals surface area contributed by atoms with E-state index in [-0.39, 0.29) is 11.8 Å². The van der Waals surface area contributed by atoms with E-state index in [1.807, 2.05) is 60.7 Å². The first-order chi connectivity index (χ1) is 17.3. The van der Waals surface area contributed by atoms with Crippen molar-refractivity contribution in [1.29, 1.82) is 0 Å². The van der Waals surface area contributed by atoms with Crippen LogP contribution in [0.2, 0.25) is 5.02 Å². The van der Waals surface area contributed by atoms with Crippen LogP contribution in [0.3, 0.4) is 0 Å². The molecule has 2 saturated heterocycles. The average molecular weight is 509 g/mol. The summed E-state index contributed by atoms with van der Waals surface area (Å²) >= 11 is 6.61. The highest BCUT2D eigenvalue weighted by molar-refractivity contribution is 6.33. The molecule has 0 bridgehead atoms. The number of hydrogen-bond donors (Lipinski definition) is 1. The molecule has 5 rings (SSSR count). The van der Waals surface area contributed by atoms with Crippen LogP contribution in [0.1, 0.15) is 24.5 Å². The minimum atomic E-state index is -0.820. The molecule has 7 heteroatoms. The number of carboxylic acids is 1. The summed E-state index contributed by atoms with van der Waals surface area (Å²) in [6.07, 6.45) is 0.0595. The van der Waals surface area contributed by atoms with Crippen molar-refractivity contribution in [3.8, 4) is 22.6 Å². The predicted molar refractivity (Wildman–Crippen MR) is 137 cm³/mol. The van der Waals surface area contributed by atoms with Gasteiger partial charge in [0.25, 0.3) is 0 Å². The quantitative estimate of drug-likeness (QED) is 0.376. The fourth-order valence-corrected chi connectivity index (χ4v) is 4.80. The van der Waals surface area contributed by atoms with E-state index in [2.05, 4.69) is 13.0 Å². The molecule has 2 fully saturated rings. The first-order valence-electron chi connectivity index (χ1n) is 12.0. The van der Waals surface area contributed by atoms with Crippen molar-refractivity contribution in [3.63, 3.8) is 0 Å². The van der Waals surface area contributed by atoms with Crippen LogP contribution in [0.4, 0.5) is 0 Å². The zero-order valence-corrected chi connectivity index (χ0v) is 20.9. The molecule has 6 nitrogen and oxygen atoms in total. The summed E-state index contributed by atoms with van der Waals surface area (Å²) in [6.45, 7) is 5.44. The Labute approximate surface area is 215 Å². The van der Waals surface area contributed by atoms with Gasteiger partial charge < -0.3 is 24.1 Å². The van der Waals surface area contributed by atoms with Crippen molar-refractivity contribution in [3.05, 3.63) is 82.9 Å². The molecule has 3 aromatic carbocycles. The Morgan fingerprint density at radius 2 is 1.67 bits per heavy atom. The van der Waals surface area contributed by atoms with Gasteiger partial charge in [-0.3, -0.25) is 4.79 Å². The van der Waals surface area contributed by atoms with Crippen LogP contribution in [-0.4, -0.2) is 44.1 Å². The Morgan fingerprint density at radius 1 is 0.944 bits per heavy atom. The van der Waals surface area contributed by atoms with E-state index in [0.717, 1.165) is 47.0 Å². The Hall–Kier alpha value is -3.06. The van der Waals surface area contributed by atoms with E-state index in [9.17, 15) is 9.90 Å². The normalized spacial score (nSPS) is 17.5. The standard InChI is InChI=1S/C29H29ClO6/c1-28(15-33-16-28)17-36-24-9-10-25(26(30)12-24)21-4-2-3-20(11-21)14-35-23-7-5-22(6-8-23)29(13-27(31)32)18-34-19-29/h2-12H,13-19H2,1H3,(H,31,32). The Balaban J connectivity index is 1.21. The zero-order valence-electron chi connectivity index (χ0n) is 20.2. The van der Waals surface area contributed by atoms with Gasteiger partial charge in [0.05, 0.1) is 49.9 Å². The molecule has 0 unspecified atom stereocenters. The minimum Gasteiger partial charge on any atom is -0.493 e. The summed E-state index contributed by atoms with van der Waals surface area (Å²) < 4.78 is 22.5. The molecule has 0 saturated carbocycles. The third-order valence-corrected chi connectivity index (χ3v) is 7.10. The summed E-state index contributed by atoms with van der Waals surface area (Å²) in [7, 11) is 0. The van der Waals surface area contributed by atoms with Crippen LogP contribution < -0.4 is 9.47 Å². The lowest BCUT2D eigenvalue weighted by atomic mass is 9.76. The molecule has 2 aliphatic rings. The molecule has 0 atom stereocenters. The van der Waals surface area contributed by atoms with Gasteiger partial charge >= 0.3 is 5.97 Å². The lowest BCUT2D eigenvalue weighted by Gasteiger charge is -2.40. The molecule has 3 aromatic rings. The molecular formula is C29H29ClO6. The number of hydrogen-bond acceptors (Lipinski definition) is 5. The first-order valence-corrected chi connectivity index (χ1v) is 12.3. The predicted octanol–water partition coefficient (Wildman–Crippen LogP) is 5.74. The number of halogens is 1. The fourth-order valence-electron chi connectivity index (χ4n) is 4.52. The van der Waals surface area contributed by atoms with E-state index in [4.69, 9.17) is 30.5 Å². The van der Waals surface area contributed by atoms with Gasteiger partial charge in [-0.25, -0.2) is 0 Å². The number of rotatable bonds is 10. The SMILES string of the molecule is CC1(COc2ccc(-c3cccc(COc4ccc(C5(CC(=O)O)COC5)cc4)c3)c(Cl)c2)COC1. The smallest absolute Gasteiger partial charge is 0.304 e. The lowest BCUT2D eigenvalue weighted by Crippen LogP contribution is -2.48. The van der Waals surface area contributed by atoms with E-state index >= 15 is 0 Å². The Bertz CT molecular complexity index is 1230. The van der Waals surface area contributed by atoms with Crippen LogP contribution in [0.25, 0.3) is 11.1 Å². The molecule has 0 amide bonds. The topological polar surface area (TPSA) is 74.2 Å². The second kappa shape index (κ2) is 10.1. The summed E-state index contributed by atoms with van der Waals surface area (Å²) in [5, 5.41) is 9.87. The van der Waals surface area contributed by atoms with E-state index in [1.54, 1.807) is 0 Å². The lowest BCUT2D eigenvalue weighted by molar-refractivity contribution is -0.145. The van der Waals surface area contributed by atoms with Crippen molar-refractivity contribution < 1.29 is 28.8 Å². The minimum absolute atomic E-state index is 0.0595. The fraction of sp³-hybridized carbons (Fsp3) is 0.345. The number of ether oxygens (including phenoxy) is 4. The van der Waals surface area contributed by atoms with Crippen LogP contribution >= 0.6 is 11.6 Å². The molecule has 2 aliphatic heterocycles. The van der Waals surface area contributed by atoms with Crippen LogP contribution in [0.5, 0.6) is 11.5 Å². The second-order valence-corrected chi connectivity index (χ2v) is 10.5. The molecular weight excluding hydrogens is 480 g/mol. The van der Waals surface area contributed by atoms with Crippen molar-refractivity contribution in [2.24, 2.45) is 5.41 Å². The van der Waals surface area contributed by atoms with Gasteiger partial charge in [-0.15, -0.1) is 0 Å². The summed E-state index contributed by atoms with van der Waals surface area (Å²) in [4.78, 5) is 11.3. The Morgan fingerprint density at radius 3 is 2.28 bits per heavy atom. The van der Waals surface area contributed by atoms with Gasteiger partial charge in [0, 0.05) is 11.0 Å². The van der Waals surface area contributed by atoms with Gasteiger partial charge in [0.2, 0.25) is 0 Å². The van der Waals surface area contributed by atoms with Crippen molar-refractivity contribution in [2.75, 3.05) is 33.0 Å². The summed E-state index contributed by atoms with van der Waals surface area (Å²) in [5.74, 6) is 0.650. The molecule has 1 N–H and O–H groups in total. The maximum Gasteiger partial charge on any atom is 0.304 e. The average Bonchev–Trinajstić information content (AvgIpc) is 2.83. The van der Waals surface area contributed by atoms with Gasteiger partial charge in [0.15, 0.2) is 0 Å². The monoisotopic (exact) mass is 508 g/mol. The van der Waals surface area contributed by atoms with E-state index < -0.39 is 11.4 Å². The van der Waals surface area contributed by atoms with Crippen molar-refractivity contribution >= 4 is 17.6 Å². The van der Waals surface area contributed by atoms with Crippen LogP contribution in [0, 0.1) is 5.41 Å². The highest BCUT2D eigenvalue weighted by Crippen LogP contribution is 2.37. The highest BCUT2D eigenvalue weighted by atomic mass is 35.5. The number of aliphatic carboxylic acids is 1. The van der Waals surface area contributed by atoms with Crippen LogP contribution in [0.15, 0.2) is 66.7 Å². The molecule has 0 aromatic heterocycles. The molecule has 0 spiro atoms. The van der Waals surface area contributed by atoms with Gasteiger partial charge in [0.1, 0.15) is 18.1 Å². The molecule has 0 radical (unpaired) electrons. The summed E-state index contributed by atoms with van der Waals surface area (Å²) in [6, 6.07) is 21.5. The molecule has 188 valence electrons. The van der Waals surface area contributed by atoms with Gasteiger partial charge in [-0.1, -0.05) is 48.9 Å². The Kier molecular flexibility index (Phi) is 6.93. The van der Waals surface area contributed by atoms with Gasteiger partial charge in [-0.05, 0) is 53.1 Å². The third kappa shape index (κ3) is 5.36. The van der Waals surface area contributed by atoms with Crippen molar-refractivity contribution in [1.82, 2.24) is 0 Å². The zero-order chi connectivity index (χ0) is 25.2. The highest BCUT2D eigenvalue weighted by Gasteiger charge is 2.42. The third-order valence-electron chi connectivity index (χ3n) is 6.79. The van der Waals surface area contributed by atoms with Crippen LogP contribution in [-0.2, 0) is 26.3 Å². The number of carbonyl (C=O) groups is 1. The molecule has 36 heavy (non-hydrogen) atoms. The largest absolute Gasteiger partial charge is 0.493 e. The van der Waals surface area contributed by atoms with Crippen molar-refractivity contribution in [2.45, 2.75) is 25.4 Å². The molecule has 2 heterocycles. The maximum absolute atomic E-state index is 11.3. The van der Waals surface area contributed by atoms with Gasteiger partial charge in [-0.2, -0.15) is 0 Å². The maximum atomic E-state index is 11.3. The first kappa shape index (κ1) is 24.6. The second-order valence-electron chi connectivity index (χ2n) is 10.1. The molecule has 0 aliphatic carbocycles.